The van der Waals surface area contributed by atoms with Crippen LogP contribution in [-0.4, -0.2) is 58.4 Å². The molecule has 8 heteroatoms. The highest BCUT2D eigenvalue weighted by Crippen LogP contribution is 2.25. The minimum absolute atomic E-state index is 0.0527. The smallest absolute Gasteiger partial charge is 0.193 e. The van der Waals surface area contributed by atoms with E-state index in [0.717, 1.165) is 43.4 Å². The lowest BCUT2D eigenvalue weighted by Crippen LogP contribution is -2.51. The summed E-state index contributed by atoms with van der Waals surface area (Å²) in [5.41, 5.74) is 0.973. The minimum Gasteiger partial charge on any atom is -0.367 e. The zero-order valence-electron chi connectivity index (χ0n) is 16.1. The van der Waals surface area contributed by atoms with Gasteiger partial charge >= 0.3 is 0 Å². The normalized spacial score (nSPS) is 20.7. The first kappa shape index (κ1) is 19.3. The second-order valence-electron chi connectivity index (χ2n) is 6.66. The summed E-state index contributed by atoms with van der Waals surface area (Å²) in [5.74, 6) is 1.57. The van der Waals surface area contributed by atoms with Crippen molar-refractivity contribution in [2.45, 2.75) is 39.0 Å². The number of hydrogen-bond donors (Lipinski definition) is 1. The number of aryl methyl sites for hydroxylation is 1. The number of aromatic nitrogens is 3. The van der Waals surface area contributed by atoms with Crippen molar-refractivity contribution in [1.82, 2.24) is 25.0 Å². The maximum Gasteiger partial charge on any atom is 0.193 e. The summed E-state index contributed by atoms with van der Waals surface area (Å²) in [4.78, 5) is 6.61. The molecule has 0 radical (unpaired) electrons. The highest BCUT2D eigenvalue weighted by atomic mass is 19.1. The van der Waals surface area contributed by atoms with Crippen LogP contribution in [0.1, 0.15) is 31.3 Å². The molecule has 2 atom stereocenters. The second kappa shape index (κ2) is 8.94. The highest BCUT2D eigenvalue weighted by Gasteiger charge is 2.28. The van der Waals surface area contributed by atoms with Gasteiger partial charge in [-0.25, -0.2) is 4.39 Å². The van der Waals surface area contributed by atoms with Gasteiger partial charge in [-0.05, 0) is 24.6 Å². The van der Waals surface area contributed by atoms with E-state index in [2.05, 4.69) is 32.3 Å². The zero-order chi connectivity index (χ0) is 19.2. The fraction of sp³-hybridized carbons (Fsp3) is 0.526. The van der Waals surface area contributed by atoms with Crippen LogP contribution in [0.25, 0.3) is 0 Å². The summed E-state index contributed by atoms with van der Waals surface area (Å²) < 4.78 is 21.3. The molecule has 0 bridgehead atoms. The third-order valence-corrected chi connectivity index (χ3v) is 4.66. The SMILES string of the molecule is CCc1nncn1CCNC(=NC)N1CC(C)OC(c2ccc(F)cc2)C1. The monoisotopic (exact) mass is 374 g/mol. The maximum atomic E-state index is 13.2. The number of rotatable bonds is 5. The van der Waals surface area contributed by atoms with E-state index in [1.54, 1.807) is 25.5 Å². The van der Waals surface area contributed by atoms with Crippen LogP contribution in [0.4, 0.5) is 4.39 Å². The number of nitrogens with one attached hydrogen (secondary N) is 1. The summed E-state index contributed by atoms with van der Waals surface area (Å²) in [7, 11) is 1.78. The zero-order valence-corrected chi connectivity index (χ0v) is 16.1. The molecule has 1 aliphatic rings. The van der Waals surface area contributed by atoms with Gasteiger partial charge in [0.1, 0.15) is 24.1 Å². The van der Waals surface area contributed by atoms with Gasteiger partial charge in [-0.2, -0.15) is 0 Å². The van der Waals surface area contributed by atoms with Crippen LogP contribution in [0.5, 0.6) is 0 Å². The van der Waals surface area contributed by atoms with Crippen molar-refractivity contribution in [3.05, 3.63) is 47.8 Å². The van der Waals surface area contributed by atoms with E-state index in [4.69, 9.17) is 4.74 Å². The Morgan fingerprint density at radius 3 is 2.81 bits per heavy atom. The van der Waals surface area contributed by atoms with E-state index >= 15 is 0 Å². The van der Waals surface area contributed by atoms with Gasteiger partial charge in [-0.1, -0.05) is 19.1 Å². The topological polar surface area (TPSA) is 67.6 Å². The number of morpholine rings is 1. The van der Waals surface area contributed by atoms with E-state index in [-0.39, 0.29) is 18.0 Å². The van der Waals surface area contributed by atoms with Crippen LogP contribution in [0.2, 0.25) is 0 Å². The molecule has 1 saturated heterocycles. The van der Waals surface area contributed by atoms with Gasteiger partial charge < -0.3 is 19.5 Å². The van der Waals surface area contributed by atoms with Crippen LogP contribution in [-0.2, 0) is 17.7 Å². The average molecular weight is 374 g/mol. The fourth-order valence-corrected chi connectivity index (χ4v) is 3.35. The Morgan fingerprint density at radius 2 is 2.11 bits per heavy atom. The van der Waals surface area contributed by atoms with E-state index in [9.17, 15) is 4.39 Å². The van der Waals surface area contributed by atoms with Crippen LogP contribution in [0.15, 0.2) is 35.6 Å². The number of halogens is 1. The van der Waals surface area contributed by atoms with Gasteiger partial charge in [0.05, 0.1) is 12.6 Å². The predicted molar refractivity (Wildman–Crippen MR) is 102 cm³/mol. The lowest BCUT2D eigenvalue weighted by molar-refractivity contribution is -0.0605. The second-order valence-corrected chi connectivity index (χ2v) is 6.66. The van der Waals surface area contributed by atoms with Crippen molar-refractivity contribution in [2.24, 2.45) is 4.99 Å². The van der Waals surface area contributed by atoms with Gasteiger partial charge in [0.25, 0.3) is 0 Å². The molecule has 2 heterocycles. The largest absolute Gasteiger partial charge is 0.367 e. The average Bonchev–Trinajstić information content (AvgIpc) is 3.13. The Labute approximate surface area is 159 Å². The Hall–Kier alpha value is -2.48. The first-order valence-electron chi connectivity index (χ1n) is 9.34. The molecule has 2 aromatic rings. The Bertz CT molecular complexity index is 760. The van der Waals surface area contributed by atoms with Crippen molar-refractivity contribution in [3.8, 4) is 0 Å². The fourth-order valence-electron chi connectivity index (χ4n) is 3.35. The molecular weight excluding hydrogens is 347 g/mol. The number of ether oxygens (including phenoxy) is 1. The van der Waals surface area contributed by atoms with Crippen LogP contribution in [0.3, 0.4) is 0 Å². The summed E-state index contributed by atoms with van der Waals surface area (Å²) in [6.45, 7) is 7.03. The molecule has 1 aliphatic heterocycles. The van der Waals surface area contributed by atoms with Crippen molar-refractivity contribution in [1.29, 1.82) is 0 Å². The van der Waals surface area contributed by atoms with Gasteiger partial charge in [0.2, 0.25) is 0 Å². The number of benzene rings is 1. The molecule has 27 heavy (non-hydrogen) atoms. The van der Waals surface area contributed by atoms with Crippen LogP contribution >= 0.6 is 0 Å². The molecule has 7 nitrogen and oxygen atoms in total. The number of guanidine groups is 1. The Kier molecular flexibility index (Phi) is 6.39. The number of nitrogens with zero attached hydrogens (tertiary/aromatic N) is 5. The van der Waals surface area contributed by atoms with E-state index in [1.807, 2.05) is 11.5 Å². The molecule has 0 aliphatic carbocycles. The quantitative estimate of drug-likeness (QED) is 0.641. The summed E-state index contributed by atoms with van der Waals surface area (Å²) in [6.07, 6.45) is 2.55. The third-order valence-electron chi connectivity index (χ3n) is 4.66. The lowest BCUT2D eigenvalue weighted by atomic mass is 10.1. The summed E-state index contributed by atoms with van der Waals surface area (Å²) >= 11 is 0. The molecular formula is C19H27FN6O. The van der Waals surface area contributed by atoms with Crippen LogP contribution in [0, 0.1) is 5.82 Å². The highest BCUT2D eigenvalue weighted by molar-refractivity contribution is 5.80. The molecule has 1 aromatic heterocycles. The lowest BCUT2D eigenvalue weighted by Gasteiger charge is -2.38. The predicted octanol–water partition coefficient (Wildman–Crippen LogP) is 2.02. The molecule has 146 valence electrons. The number of hydrogen-bond acceptors (Lipinski definition) is 4. The van der Waals surface area contributed by atoms with E-state index in [1.165, 1.54) is 12.1 Å². The van der Waals surface area contributed by atoms with Crippen molar-refractivity contribution >= 4 is 5.96 Å². The Morgan fingerprint density at radius 1 is 1.33 bits per heavy atom. The third kappa shape index (κ3) is 4.82. The molecule has 1 N–H and O–H groups in total. The van der Waals surface area contributed by atoms with Gasteiger partial charge in [-0.3, -0.25) is 4.99 Å². The molecule has 0 amide bonds. The molecule has 1 fully saturated rings. The molecule has 0 spiro atoms. The first-order chi connectivity index (χ1) is 13.1. The van der Waals surface area contributed by atoms with Gasteiger partial charge in [-0.15, -0.1) is 10.2 Å². The van der Waals surface area contributed by atoms with Gasteiger partial charge in [0.15, 0.2) is 5.96 Å². The minimum atomic E-state index is -0.239. The standard InChI is InChI=1S/C19H27FN6O/c1-4-18-24-23-13-25(18)10-9-22-19(21-3)26-11-14(2)27-17(12-26)15-5-7-16(20)8-6-15/h5-8,13-14,17H,4,9-12H2,1-3H3,(H,21,22). The maximum absolute atomic E-state index is 13.2. The van der Waals surface area contributed by atoms with Crippen molar-refractivity contribution < 1.29 is 9.13 Å². The van der Waals surface area contributed by atoms with E-state index in [0.29, 0.717) is 6.54 Å². The summed E-state index contributed by atoms with van der Waals surface area (Å²) in [5, 5.41) is 11.5. The molecule has 0 saturated carbocycles. The van der Waals surface area contributed by atoms with Crippen LogP contribution < -0.4 is 5.32 Å². The summed E-state index contributed by atoms with van der Waals surface area (Å²) in [6, 6.07) is 6.51. The van der Waals surface area contributed by atoms with Gasteiger partial charge in [0, 0.05) is 33.1 Å². The molecule has 1 aromatic carbocycles. The van der Waals surface area contributed by atoms with E-state index < -0.39 is 0 Å². The molecule has 3 rings (SSSR count). The molecule has 2 unspecified atom stereocenters. The van der Waals surface area contributed by atoms with Crippen molar-refractivity contribution in [2.75, 3.05) is 26.7 Å². The number of aliphatic imine (C=N–C) groups is 1. The van der Waals surface area contributed by atoms with Crippen molar-refractivity contribution in [3.63, 3.8) is 0 Å². The first-order valence-corrected chi connectivity index (χ1v) is 9.34. The Balaban J connectivity index is 1.61.